The molecule has 3 unspecified atom stereocenters. The van der Waals surface area contributed by atoms with Crippen LogP contribution in [0.2, 0.25) is 0 Å². The number of piperidine rings is 1. The lowest BCUT2D eigenvalue weighted by Gasteiger charge is -2.40. The Morgan fingerprint density at radius 2 is 2.00 bits per heavy atom. The molecule has 2 fully saturated rings. The Morgan fingerprint density at radius 1 is 1.33 bits per heavy atom. The molecule has 0 aromatic heterocycles. The van der Waals surface area contributed by atoms with E-state index in [1.165, 1.54) is 0 Å². The molecule has 3 nitrogen and oxygen atoms in total. The number of likely N-dealkylation sites (tertiary alicyclic amines) is 1. The number of nitrogens with zero attached hydrogens (tertiary/aromatic N) is 1. The van der Waals surface area contributed by atoms with Crippen LogP contribution in [0.15, 0.2) is 0 Å². The largest absolute Gasteiger partial charge is 0.480 e. The third kappa shape index (κ3) is 2.33. The molecule has 0 aromatic carbocycles. The van der Waals surface area contributed by atoms with E-state index in [4.69, 9.17) is 0 Å². The average Bonchev–Trinajstić information content (AvgIpc) is 2.92. The van der Waals surface area contributed by atoms with Gasteiger partial charge in [-0.05, 0) is 51.0 Å². The minimum absolute atomic E-state index is 0.201. The molecule has 1 saturated heterocycles. The van der Waals surface area contributed by atoms with Crippen molar-refractivity contribution in [2.75, 3.05) is 6.54 Å². The minimum atomic E-state index is -0.612. The predicted octanol–water partition coefficient (Wildman–Crippen LogP) is 1.97. The summed E-state index contributed by atoms with van der Waals surface area (Å²) in [7, 11) is 0. The van der Waals surface area contributed by atoms with Gasteiger partial charge in [0.15, 0.2) is 0 Å². The highest BCUT2D eigenvalue weighted by Crippen LogP contribution is 2.38. The zero-order valence-electron chi connectivity index (χ0n) is 9.65. The van der Waals surface area contributed by atoms with Crippen LogP contribution >= 0.6 is 0 Å². The van der Waals surface area contributed by atoms with Crippen LogP contribution in [0.3, 0.4) is 0 Å². The first-order valence-electron chi connectivity index (χ1n) is 6.08. The lowest BCUT2D eigenvalue weighted by molar-refractivity contribution is -0.146. The normalized spacial score (nSPS) is 35.1. The van der Waals surface area contributed by atoms with E-state index in [0.29, 0.717) is 12.0 Å². The van der Waals surface area contributed by atoms with Crippen LogP contribution in [0.25, 0.3) is 0 Å². The van der Waals surface area contributed by atoms with Gasteiger partial charge in [-0.1, -0.05) is 6.92 Å². The minimum Gasteiger partial charge on any atom is -0.480 e. The maximum atomic E-state index is 11.3. The van der Waals surface area contributed by atoms with Crippen molar-refractivity contribution in [3.8, 4) is 0 Å². The van der Waals surface area contributed by atoms with Crippen LogP contribution in [0.4, 0.5) is 0 Å². The van der Waals surface area contributed by atoms with E-state index >= 15 is 0 Å². The first-order chi connectivity index (χ1) is 7.09. The van der Waals surface area contributed by atoms with Gasteiger partial charge in [-0.25, -0.2) is 0 Å². The van der Waals surface area contributed by atoms with Gasteiger partial charge in [0.1, 0.15) is 6.04 Å². The molecule has 0 spiro atoms. The summed E-state index contributed by atoms with van der Waals surface area (Å²) < 4.78 is 0. The smallest absolute Gasteiger partial charge is 0.321 e. The Bertz CT molecular complexity index is 250. The zero-order valence-corrected chi connectivity index (χ0v) is 9.65. The van der Waals surface area contributed by atoms with Crippen LogP contribution in [-0.4, -0.2) is 34.6 Å². The number of carboxylic acids is 1. The number of hydrogen-bond acceptors (Lipinski definition) is 2. The van der Waals surface area contributed by atoms with E-state index in [9.17, 15) is 9.90 Å². The van der Waals surface area contributed by atoms with Crippen LogP contribution in [-0.2, 0) is 4.79 Å². The van der Waals surface area contributed by atoms with Crippen molar-refractivity contribution < 1.29 is 9.90 Å². The van der Waals surface area contributed by atoms with Gasteiger partial charge in [0, 0.05) is 6.04 Å². The average molecular weight is 211 g/mol. The maximum absolute atomic E-state index is 11.3. The van der Waals surface area contributed by atoms with Gasteiger partial charge in [-0.15, -0.1) is 0 Å². The number of carbonyl (C=O) groups is 1. The van der Waals surface area contributed by atoms with Crippen LogP contribution in [0, 0.1) is 11.8 Å². The first kappa shape index (κ1) is 10.9. The highest BCUT2D eigenvalue weighted by atomic mass is 16.4. The molecular weight excluding hydrogens is 190 g/mol. The molecule has 15 heavy (non-hydrogen) atoms. The molecule has 1 N–H and O–H groups in total. The van der Waals surface area contributed by atoms with E-state index in [2.05, 4.69) is 18.7 Å². The molecule has 0 radical (unpaired) electrons. The molecule has 2 rings (SSSR count). The number of rotatable bonds is 3. The van der Waals surface area contributed by atoms with Gasteiger partial charge in [0.05, 0.1) is 0 Å². The molecule has 2 aliphatic rings. The van der Waals surface area contributed by atoms with Crippen molar-refractivity contribution >= 4 is 5.97 Å². The monoisotopic (exact) mass is 211 g/mol. The lowest BCUT2D eigenvalue weighted by atomic mass is 9.91. The van der Waals surface area contributed by atoms with Crippen LogP contribution < -0.4 is 0 Å². The second kappa shape index (κ2) is 4.12. The molecule has 0 amide bonds. The van der Waals surface area contributed by atoms with Crippen LogP contribution in [0.1, 0.15) is 39.5 Å². The Morgan fingerprint density at radius 3 is 2.47 bits per heavy atom. The van der Waals surface area contributed by atoms with Gasteiger partial charge in [-0.2, -0.15) is 0 Å². The summed E-state index contributed by atoms with van der Waals surface area (Å²) in [6.45, 7) is 5.41. The SMILES string of the molecule is CC1CCN(C(C(=O)O)C2CC2)C(C)C1. The summed E-state index contributed by atoms with van der Waals surface area (Å²) in [5.74, 6) is 0.571. The van der Waals surface area contributed by atoms with Crippen molar-refractivity contribution in [1.82, 2.24) is 4.90 Å². The van der Waals surface area contributed by atoms with Crippen LogP contribution in [0.5, 0.6) is 0 Å². The molecule has 1 heterocycles. The third-order valence-electron chi connectivity index (χ3n) is 3.87. The molecule has 86 valence electrons. The number of hydrogen-bond donors (Lipinski definition) is 1. The second-order valence-corrected chi connectivity index (χ2v) is 5.34. The molecule has 0 aromatic rings. The fourth-order valence-corrected chi connectivity index (χ4v) is 2.86. The number of aliphatic carboxylic acids is 1. The quantitative estimate of drug-likeness (QED) is 0.776. The Labute approximate surface area is 91.5 Å². The third-order valence-corrected chi connectivity index (χ3v) is 3.87. The summed E-state index contributed by atoms with van der Waals surface area (Å²) in [4.78, 5) is 13.5. The van der Waals surface area contributed by atoms with Crippen molar-refractivity contribution in [1.29, 1.82) is 0 Å². The van der Waals surface area contributed by atoms with Crippen molar-refractivity contribution in [2.24, 2.45) is 11.8 Å². The van der Waals surface area contributed by atoms with E-state index in [1.807, 2.05) is 0 Å². The van der Waals surface area contributed by atoms with Gasteiger partial charge in [0.2, 0.25) is 0 Å². The van der Waals surface area contributed by atoms with Gasteiger partial charge >= 0.3 is 5.97 Å². The summed E-state index contributed by atoms with van der Waals surface area (Å²) in [5, 5.41) is 9.28. The molecule has 1 aliphatic heterocycles. The van der Waals surface area contributed by atoms with Gasteiger partial charge in [-0.3, -0.25) is 9.69 Å². The highest BCUT2D eigenvalue weighted by molar-refractivity contribution is 5.74. The lowest BCUT2D eigenvalue weighted by Crippen LogP contribution is -2.51. The summed E-state index contributed by atoms with van der Waals surface area (Å²) in [6.07, 6.45) is 4.52. The van der Waals surface area contributed by atoms with Crippen molar-refractivity contribution in [3.05, 3.63) is 0 Å². The molecule has 0 bridgehead atoms. The Balaban J connectivity index is 2.03. The van der Waals surface area contributed by atoms with Gasteiger partial charge in [0.25, 0.3) is 0 Å². The summed E-state index contributed by atoms with van der Waals surface area (Å²) in [6, 6.07) is 0.239. The van der Waals surface area contributed by atoms with E-state index in [-0.39, 0.29) is 6.04 Å². The highest BCUT2D eigenvalue weighted by Gasteiger charge is 2.42. The maximum Gasteiger partial charge on any atom is 0.321 e. The predicted molar refractivity (Wildman–Crippen MR) is 58.7 cm³/mol. The van der Waals surface area contributed by atoms with Crippen molar-refractivity contribution in [3.63, 3.8) is 0 Å². The van der Waals surface area contributed by atoms with Crippen molar-refractivity contribution in [2.45, 2.75) is 51.6 Å². The molecule has 1 saturated carbocycles. The summed E-state index contributed by atoms with van der Waals surface area (Å²) in [5.41, 5.74) is 0. The summed E-state index contributed by atoms with van der Waals surface area (Å²) >= 11 is 0. The van der Waals surface area contributed by atoms with E-state index < -0.39 is 5.97 Å². The first-order valence-corrected chi connectivity index (χ1v) is 6.08. The van der Waals surface area contributed by atoms with E-state index in [1.54, 1.807) is 0 Å². The number of carboxylic acid groups (broad SMARTS) is 1. The second-order valence-electron chi connectivity index (χ2n) is 5.34. The fourth-order valence-electron chi connectivity index (χ4n) is 2.86. The van der Waals surface area contributed by atoms with E-state index in [0.717, 1.165) is 38.1 Å². The standard InChI is InChI=1S/C12H21NO2/c1-8-5-6-13(9(2)7-8)11(12(14)15)10-3-4-10/h8-11H,3-7H2,1-2H3,(H,14,15). The fraction of sp³-hybridized carbons (Fsp3) is 0.917. The molecular formula is C12H21NO2. The topological polar surface area (TPSA) is 40.5 Å². The van der Waals surface area contributed by atoms with Gasteiger partial charge < -0.3 is 5.11 Å². The molecule has 3 heteroatoms. The Hall–Kier alpha value is -0.570. The Kier molecular flexibility index (Phi) is 3.01. The molecule has 1 aliphatic carbocycles. The molecule has 3 atom stereocenters. The zero-order chi connectivity index (χ0) is 11.0.